The van der Waals surface area contributed by atoms with E-state index in [4.69, 9.17) is 5.11 Å². The lowest BCUT2D eigenvalue weighted by Gasteiger charge is -2.20. The van der Waals surface area contributed by atoms with Gasteiger partial charge in [0.1, 0.15) is 6.04 Å². The highest BCUT2D eigenvalue weighted by Crippen LogP contribution is 2.18. The molecule has 0 aromatic carbocycles. The zero-order valence-corrected chi connectivity index (χ0v) is 9.37. The minimum Gasteiger partial charge on any atom is -0.480 e. The molecule has 0 amide bonds. The maximum atomic E-state index is 10.9. The van der Waals surface area contributed by atoms with Crippen LogP contribution in [0.25, 0.3) is 0 Å². The van der Waals surface area contributed by atoms with E-state index in [-0.39, 0.29) is 6.04 Å². The van der Waals surface area contributed by atoms with Gasteiger partial charge in [-0.2, -0.15) is 0 Å². The van der Waals surface area contributed by atoms with Crippen molar-refractivity contribution in [2.75, 3.05) is 13.1 Å². The van der Waals surface area contributed by atoms with E-state index >= 15 is 0 Å². The van der Waals surface area contributed by atoms with E-state index in [1.807, 2.05) is 6.07 Å². The molecule has 1 unspecified atom stereocenters. The normalized spacial score (nSPS) is 22.0. The Morgan fingerprint density at radius 3 is 3.20 bits per heavy atom. The summed E-state index contributed by atoms with van der Waals surface area (Å²) in [6.45, 7) is 1.81. The molecule has 1 fully saturated rings. The number of thiophene rings is 1. The number of nitrogens with zero attached hydrogens (tertiary/aromatic N) is 1. The van der Waals surface area contributed by atoms with E-state index < -0.39 is 5.97 Å². The van der Waals surface area contributed by atoms with Crippen molar-refractivity contribution >= 4 is 17.3 Å². The molecule has 0 radical (unpaired) electrons. The summed E-state index contributed by atoms with van der Waals surface area (Å²) in [4.78, 5) is 14.4. The van der Waals surface area contributed by atoms with E-state index in [0.29, 0.717) is 0 Å². The van der Waals surface area contributed by atoms with Crippen LogP contribution in [0.3, 0.4) is 0 Å². The first-order chi connectivity index (χ1) is 7.27. The van der Waals surface area contributed by atoms with Gasteiger partial charge in [-0.3, -0.25) is 9.69 Å². The molecule has 0 bridgehead atoms. The first-order valence-electron chi connectivity index (χ1n) is 5.26. The van der Waals surface area contributed by atoms with Crippen LogP contribution in [0.4, 0.5) is 0 Å². The highest BCUT2D eigenvalue weighted by Gasteiger charge is 2.29. The topological polar surface area (TPSA) is 40.5 Å². The fourth-order valence-corrected chi connectivity index (χ4v) is 2.78. The molecule has 1 N–H and O–H groups in total. The Balaban J connectivity index is 1.86. The molecule has 0 saturated carbocycles. The van der Waals surface area contributed by atoms with E-state index in [9.17, 15) is 4.79 Å². The van der Waals surface area contributed by atoms with E-state index in [2.05, 4.69) is 16.3 Å². The zero-order valence-electron chi connectivity index (χ0n) is 8.56. The molecular weight excluding hydrogens is 210 g/mol. The number of carboxylic acid groups (broad SMARTS) is 1. The van der Waals surface area contributed by atoms with Crippen LogP contribution in [-0.2, 0) is 11.2 Å². The van der Waals surface area contributed by atoms with E-state index in [1.165, 1.54) is 4.88 Å². The quantitative estimate of drug-likeness (QED) is 0.850. The van der Waals surface area contributed by atoms with Gasteiger partial charge in [-0.05, 0) is 37.3 Å². The Hall–Kier alpha value is -0.870. The monoisotopic (exact) mass is 225 g/mol. The van der Waals surface area contributed by atoms with Gasteiger partial charge < -0.3 is 5.11 Å². The van der Waals surface area contributed by atoms with Gasteiger partial charge in [-0.25, -0.2) is 0 Å². The van der Waals surface area contributed by atoms with E-state index in [0.717, 1.165) is 32.4 Å². The number of carbonyl (C=O) groups is 1. The predicted octanol–water partition coefficient (Wildman–Crippen LogP) is 1.84. The molecular formula is C11H15NO2S. The Labute approximate surface area is 93.3 Å². The predicted molar refractivity (Wildman–Crippen MR) is 60.3 cm³/mol. The maximum absolute atomic E-state index is 10.9. The van der Waals surface area contributed by atoms with Crippen molar-refractivity contribution in [2.45, 2.75) is 25.3 Å². The summed E-state index contributed by atoms with van der Waals surface area (Å²) in [6.07, 6.45) is 2.79. The second-order valence-corrected chi connectivity index (χ2v) is 4.89. The van der Waals surface area contributed by atoms with Crippen molar-refractivity contribution in [1.82, 2.24) is 4.90 Å². The molecule has 1 aliphatic rings. The molecule has 15 heavy (non-hydrogen) atoms. The molecule has 82 valence electrons. The molecule has 3 nitrogen and oxygen atoms in total. The average molecular weight is 225 g/mol. The molecule has 1 aromatic heterocycles. The third-order valence-corrected chi connectivity index (χ3v) is 3.81. The molecule has 1 aromatic rings. The smallest absolute Gasteiger partial charge is 0.320 e. The molecule has 1 aliphatic heterocycles. The lowest BCUT2D eigenvalue weighted by Crippen LogP contribution is -2.37. The summed E-state index contributed by atoms with van der Waals surface area (Å²) in [5.74, 6) is -0.668. The van der Waals surface area contributed by atoms with Crippen LogP contribution in [0.1, 0.15) is 17.7 Å². The molecule has 1 atom stereocenters. The summed E-state index contributed by atoms with van der Waals surface area (Å²) in [5.41, 5.74) is 0. The minimum absolute atomic E-state index is 0.245. The molecule has 1 saturated heterocycles. The fourth-order valence-electron chi connectivity index (χ4n) is 2.08. The summed E-state index contributed by atoms with van der Waals surface area (Å²) in [6, 6.07) is 3.90. The second kappa shape index (κ2) is 4.77. The van der Waals surface area contributed by atoms with Crippen LogP contribution in [0.15, 0.2) is 17.5 Å². The lowest BCUT2D eigenvalue weighted by molar-refractivity contribution is -0.142. The Bertz CT molecular complexity index is 323. The number of hydrogen-bond acceptors (Lipinski definition) is 3. The van der Waals surface area contributed by atoms with Crippen molar-refractivity contribution in [3.63, 3.8) is 0 Å². The molecule has 0 spiro atoms. The largest absolute Gasteiger partial charge is 0.480 e. The number of likely N-dealkylation sites (tertiary alicyclic amines) is 1. The SMILES string of the molecule is O=C(O)C1CCCN1CCc1cccs1. The number of carboxylic acids is 1. The minimum atomic E-state index is -0.668. The van der Waals surface area contributed by atoms with Crippen molar-refractivity contribution in [2.24, 2.45) is 0 Å². The number of aliphatic carboxylic acids is 1. The van der Waals surface area contributed by atoms with Crippen LogP contribution >= 0.6 is 11.3 Å². The first-order valence-corrected chi connectivity index (χ1v) is 6.14. The summed E-state index contributed by atoms with van der Waals surface area (Å²) in [5, 5.41) is 11.1. The highest BCUT2D eigenvalue weighted by molar-refractivity contribution is 7.09. The van der Waals surface area contributed by atoms with Crippen molar-refractivity contribution in [1.29, 1.82) is 0 Å². The highest BCUT2D eigenvalue weighted by atomic mass is 32.1. The van der Waals surface area contributed by atoms with Crippen LogP contribution < -0.4 is 0 Å². The van der Waals surface area contributed by atoms with E-state index in [1.54, 1.807) is 11.3 Å². The maximum Gasteiger partial charge on any atom is 0.320 e. The zero-order chi connectivity index (χ0) is 10.7. The molecule has 2 heterocycles. The summed E-state index contributed by atoms with van der Waals surface area (Å²) < 4.78 is 0. The number of rotatable bonds is 4. The van der Waals surface area contributed by atoms with Crippen LogP contribution in [0, 0.1) is 0 Å². The third kappa shape index (κ3) is 2.58. The molecule has 2 rings (SSSR count). The summed E-state index contributed by atoms with van der Waals surface area (Å²) >= 11 is 1.74. The Morgan fingerprint density at radius 2 is 2.53 bits per heavy atom. The first kappa shape index (κ1) is 10.6. The average Bonchev–Trinajstić information content (AvgIpc) is 2.86. The summed E-state index contributed by atoms with van der Waals surface area (Å²) in [7, 11) is 0. The van der Waals surface area contributed by atoms with Gasteiger partial charge in [-0.15, -0.1) is 11.3 Å². The van der Waals surface area contributed by atoms with Crippen molar-refractivity contribution in [3.8, 4) is 0 Å². The van der Waals surface area contributed by atoms with Gasteiger partial charge in [0.25, 0.3) is 0 Å². The lowest BCUT2D eigenvalue weighted by atomic mass is 10.2. The van der Waals surface area contributed by atoms with Crippen molar-refractivity contribution in [3.05, 3.63) is 22.4 Å². The van der Waals surface area contributed by atoms with Crippen LogP contribution in [0.5, 0.6) is 0 Å². The van der Waals surface area contributed by atoms with Crippen LogP contribution in [-0.4, -0.2) is 35.1 Å². The van der Waals surface area contributed by atoms with Gasteiger partial charge in [0, 0.05) is 11.4 Å². The van der Waals surface area contributed by atoms with Gasteiger partial charge in [0.05, 0.1) is 0 Å². The van der Waals surface area contributed by atoms with Crippen molar-refractivity contribution < 1.29 is 9.90 Å². The van der Waals surface area contributed by atoms with Crippen LogP contribution in [0.2, 0.25) is 0 Å². The van der Waals surface area contributed by atoms with Gasteiger partial charge >= 0.3 is 5.97 Å². The molecule has 0 aliphatic carbocycles. The van der Waals surface area contributed by atoms with Gasteiger partial charge in [0.15, 0.2) is 0 Å². The fraction of sp³-hybridized carbons (Fsp3) is 0.545. The van der Waals surface area contributed by atoms with Gasteiger partial charge in [-0.1, -0.05) is 6.07 Å². The Kier molecular flexibility index (Phi) is 3.38. The number of hydrogen-bond donors (Lipinski definition) is 1. The molecule has 4 heteroatoms. The second-order valence-electron chi connectivity index (χ2n) is 3.86. The standard InChI is InChI=1S/C11H15NO2S/c13-11(14)10-4-1-6-12(10)7-5-9-3-2-8-15-9/h2-3,8,10H,1,4-7H2,(H,13,14). The Morgan fingerprint density at radius 1 is 1.67 bits per heavy atom. The third-order valence-electron chi connectivity index (χ3n) is 2.87. The van der Waals surface area contributed by atoms with Gasteiger partial charge in [0.2, 0.25) is 0 Å².